The lowest BCUT2D eigenvalue weighted by atomic mass is 9.87. The first kappa shape index (κ1) is 10.6. The summed E-state index contributed by atoms with van der Waals surface area (Å²) in [5.41, 5.74) is 0. The van der Waals surface area contributed by atoms with Gasteiger partial charge < -0.3 is 5.32 Å². The van der Waals surface area contributed by atoms with Crippen LogP contribution >= 0.6 is 0 Å². The van der Waals surface area contributed by atoms with Crippen LogP contribution in [-0.2, 0) is 0 Å². The molecule has 0 bridgehead atoms. The predicted molar refractivity (Wildman–Crippen MR) is 57.5 cm³/mol. The number of nitrogens with one attached hydrogen (secondary N) is 1. The zero-order valence-electron chi connectivity index (χ0n) is 8.68. The number of hydrogen-bond acceptors (Lipinski definition) is 1. The fourth-order valence-corrected chi connectivity index (χ4v) is 2.12. The van der Waals surface area contributed by atoms with Gasteiger partial charge in [0.2, 0.25) is 0 Å². The second-order valence-electron chi connectivity index (χ2n) is 4.23. The maximum absolute atomic E-state index is 5.19. The second kappa shape index (κ2) is 6.05. The first-order chi connectivity index (χ1) is 6.33. The first-order valence-corrected chi connectivity index (χ1v) is 5.49. The van der Waals surface area contributed by atoms with Gasteiger partial charge in [-0.2, -0.15) is 0 Å². The SMILES string of the molecule is C#CCCCNC1CCCC(C)C1. The van der Waals surface area contributed by atoms with Crippen LogP contribution in [0.1, 0.15) is 45.4 Å². The van der Waals surface area contributed by atoms with Gasteiger partial charge in [-0.3, -0.25) is 0 Å². The molecule has 1 aliphatic rings. The van der Waals surface area contributed by atoms with Gasteiger partial charge in [-0.1, -0.05) is 19.8 Å². The van der Waals surface area contributed by atoms with Crippen LogP contribution in [0.15, 0.2) is 0 Å². The molecule has 0 aromatic carbocycles. The summed E-state index contributed by atoms with van der Waals surface area (Å²) in [4.78, 5) is 0. The van der Waals surface area contributed by atoms with Crippen molar-refractivity contribution in [2.24, 2.45) is 5.92 Å². The van der Waals surface area contributed by atoms with Gasteiger partial charge in [-0.05, 0) is 31.7 Å². The highest BCUT2D eigenvalue weighted by Gasteiger charge is 2.17. The highest BCUT2D eigenvalue weighted by Crippen LogP contribution is 2.23. The molecule has 0 amide bonds. The Morgan fingerprint density at radius 3 is 3.00 bits per heavy atom. The van der Waals surface area contributed by atoms with Crippen molar-refractivity contribution in [1.29, 1.82) is 0 Å². The molecule has 0 aromatic rings. The molecular weight excluding hydrogens is 158 g/mol. The van der Waals surface area contributed by atoms with Gasteiger partial charge in [0.1, 0.15) is 0 Å². The van der Waals surface area contributed by atoms with Crippen molar-refractivity contribution in [2.45, 2.75) is 51.5 Å². The Morgan fingerprint density at radius 2 is 2.31 bits per heavy atom. The molecular formula is C12H21N. The molecule has 1 rings (SSSR count). The zero-order chi connectivity index (χ0) is 9.52. The smallest absolute Gasteiger partial charge is 0.00981 e. The van der Waals surface area contributed by atoms with E-state index < -0.39 is 0 Å². The number of hydrogen-bond donors (Lipinski definition) is 1. The minimum atomic E-state index is 0.765. The monoisotopic (exact) mass is 179 g/mol. The van der Waals surface area contributed by atoms with Crippen LogP contribution in [0.2, 0.25) is 0 Å². The third-order valence-electron chi connectivity index (χ3n) is 2.87. The van der Waals surface area contributed by atoms with Crippen molar-refractivity contribution < 1.29 is 0 Å². The van der Waals surface area contributed by atoms with Crippen molar-refractivity contribution in [3.63, 3.8) is 0 Å². The lowest BCUT2D eigenvalue weighted by Gasteiger charge is -2.27. The molecule has 1 saturated carbocycles. The topological polar surface area (TPSA) is 12.0 Å². The van der Waals surface area contributed by atoms with E-state index in [1.807, 2.05) is 0 Å². The van der Waals surface area contributed by atoms with E-state index in [0.717, 1.165) is 31.3 Å². The van der Waals surface area contributed by atoms with Crippen molar-refractivity contribution in [3.05, 3.63) is 0 Å². The van der Waals surface area contributed by atoms with Crippen molar-refractivity contribution >= 4 is 0 Å². The molecule has 2 unspecified atom stereocenters. The van der Waals surface area contributed by atoms with E-state index in [2.05, 4.69) is 18.2 Å². The molecule has 0 heterocycles. The van der Waals surface area contributed by atoms with Gasteiger partial charge in [-0.15, -0.1) is 12.3 Å². The molecule has 0 saturated heterocycles. The molecule has 74 valence electrons. The standard InChI is InChI=1S/C12H21N/c1-3-4-5-9-13-12-8-6-7-11(2)10-12/h1,11-13H,4-10H2,2H3. The highest BCUT2D eigenvalue weighted by atomic mass is 14.9. The molecule has 1 aliphatic carbocycles. The summed E-state index contributed by atoms with van der Waals surface area (Å²) in [5, 5.41) is 3.59. The molecule has 13 heavy (non-hydrogen) atoms. The zero-order valence-corrected chi connectivity index (χ0v) is 8.68. The third-order valence-corrected chi connectivity index (χ3v) is 2.87. The Hall–Kier alpha value is -0.480. The van der Waals surface area contributed by atoms with Crippen LogP contribution in [0.25, 0.3) is 0 Å². The van der Waals surface area contributed by atoms with Crippen LogP contribution in [0.3, 0.4) is 0 Å². The Bertz CT molecular complexity index is 168. The van der Waals surface area contributed by atoms with Gasteiger partial charge >= 0.3 is 0 Å². The third kappa shape index (κ3) is 4.33. The molecule has 0 aromatic heterocycles. The number of rotatable bonds is 4. The summed E-state index contributed by atoms with van der Waals surface area (Å²) >= 11 is 0. The summed E-state index contributed by atoms with van der Waals surface area (Å²) in [5.74, 6) is 3.59. The Labute approximate surface area is 82.3 Å². The van der Waals surface area contributed by atoms with E-state index in [1.54, 1.807) is 0 Å². The molecule has 1 nitrogen and oxygen atoms in total. The molecule has 1 fully saturated rings. The lowest BCUT2D eigenvalue weighted by molar-refractivity contribution is 0.301. The van der Waals surface area contributed by atoms with Gasteiger partial charge in [0, 0.05) is 12.5 Å². The van der Waals surface area contributed by atoms with Gasteiger partial charge in [-0.25, -0.2) is 0 Å². The van der Waals surface area contributed by atoms with E-state index in [9.17, 15) is 0 Å². The Kier molecular flexibility index (Phi) is 4.93. The summed E-state index contributed by atoms with van der Waals surface area (Å²) in [6.45, 7) is 3.46. The van der Waals surface area contributed by atoms with Crippen molar-refractivity contribution in [3.8, 4) is 12.3 Å². The molecule has 2 atom stereocenters. The maximum Gasteiger partial charge on any atom is 0.00981 e. The molecule has 0 spiro atoms. The van der Waals surface area contributed by atoms with Gasteiger partial charge in [0.15, 0.2) is 0 Å². The molecule has 1 N–H and O–H groups in total. The fraction of sp³-hybridized carbons (Fsp3) is 0.833. The summed E-state index contributed by atoms with van der Waals surface area (Å²) in [6, 6.07) is 0.765. The minimum Gasteiger partial charge on any atom is -0.314 e. The van der Waals surface area contributed by atoms with Crippen LogP contribution in [0.5, 0.6) is 0 Å². The van der Waals surface area contributed by atoms with Crippen LogP contribution in [0.4, 0.5) is 0 Å². The average Bonchev–Trinajstić information content (AvgIpc) is 2.13. The molecule has 1 heteroatoms. The van der Waals surface area contributed by atoms with Crippen molar-refractivity contribution in [2.75, 3.05) is 6.54 Å². The van der Waals surface area contributed by atoms with E-state index in [1.165, 1.54) is 25.7 Å². The highest BCUT2D eigenvalue weighted by molar-refractivity contribution is 4.84. The van der Waals surface area contributed by atoms with E-state index in [-0.39, 0.29) is 0 Å². The van der Waals surface area contributed by atoms with E-state index in [4.69, 9.17) is 6.42 Å². The number of terminal acetylenes is 1. The molecule has 0 aliphatic heterocycles. The summed E-state index contributed by atoms with van der Waals surface area (Å²) in [6.07, 6.45) is 12.8. The minimum absolute atomic E-state index is 0.765. The second-order valence-corrected chi connectivity index (χ2v) is 4.23. The van der Waals surface area contributed by atoms with Crippen LogP contribution in [-0.4, -0.2) is 12.6 Å². The normalized spacial score (nSPS) is 28.3. The summed E-state index contributed by atoms with van der Waals surface area (Å²) in [7, 11) is 0. The lowest BCUT2D eigenvalue weighted by Crippen LogP contribution is -2.34. The van der Waals surface area contributed by atoms with E-state index in [0.29, 0.717) is 0 Å². The Balaban J connectivity index is 2.04. The van der Waals surface area contributed by atoms with E-state index >= 15 is 0 Å². The predicted octanol–water partition coefficient (Wildman–Crippen LogP) is 2.57. The summed E-state index contributed by atoms with van der Waals surface area (Å²) < 4.78 is 0. The molecule has 0 radical (unpaired) electrons. The first-order valence-electron chi connectivity index (χ1n) is 5.49. The quantitative estimate of drug-likeness (QED) is 0.516. The van der Waals surface area contributed by atoms with Crippen LogP contribution < -0.4 is 5.32 Å². The average molecular weight is 179 g/mol. The number of unbranched alkanes of at least 4 members (excludes halogenated alkanes) is 1. The largest absolute Gasteiger partial charge is 0.314 e. The van der Waals surface area contributed by atoms with Crippen LogP contribution in [0, 0.1) is 18.3 Å². The van der Waals surface area contributed by atoms with Gasteiger partial charge in [0.05, 0.1) is 0 Å². The fourth-order valence-electron chi connectivity index (χ4n) is 2.12. The van der Waals surface area contributed by atoms with Gasteiger partial charge in [0.25, 0.3) is 0 Å². The Morgan fingerprint density at radius 1 is 1.46 bits per heavy atom. The van der Waals surface area contributed by atoms with Crippen molar-refractivity contribution in [1.82, 2.24) is 5.32 Å². The maximum atomic E-state index is 5.19.